The lowest BCUT2D eigenvalue weighted by Gasteiger charge is -2.26. The highest BCUT2D eigenvalue weighted by Gasteiger charge is 2.24. The molecule has 0 aliphatic rings. The zero-order chi connectivity index (χ0) is 28.3. The molecule has 3 aromatic carbocycles. The standard InChI is InChI=1S/C28H28ClFN6O3/c1-16(2)35(25(38)15-36-23-12-11-17(32-3)13-20(23)27(34-36)28(31)39)14-24(37)33-22-10-6-8-19(26(22)30)18-7-4-5-9-21(18)29/h4-13,16,32H,14-15H2,1-3H3,(H2,31,39)(H,33,37). The van der Waals surface area contributed by atoms with Gasteiger partial charge in [-0.05, 0) is 44.2 Å². The van der Waals surface area contributed by atoms with Gasteiger partial charge in [0.2, 0.25) is 11.8 Å². The predicted octanol–water partition coefficient (Wildman–Crippen LogP) is 4.51. The number of amides is 3. The van der Waals surface area contributed by atoms with Gasteiger partial charge in [0.1, 0.15) is 13.1 Å². The normalized spacial score (nSPS) is 11.0. The van der Waals surface area contributed by atoms with E-state index in [9.17, 15) is 14.4 Å². The summed E-state index contributed by atoms with van der Waals surface area (Å²) in [5.74, 6) is -2.34. The van der Waals surface area contributed by atoms with Crippen LogP contribution in [0, 0.1) is 5.82 Å². The Morgan fingerprint density at radius 3 is 2.46 bits per heavy atom. The van der Waals surface area contributed by atoms with E-state index in [1.807, 2.05) is 0 Å². The lowest BCUT2D eigenvalue weighted by molar-refractivity contribution is -0.137. The number of rotatable bonds is 9. The first-order chi connectivity index (χ1) is 18.6. The van der Waals surface area contributed by atoms with Gasteiger partial charge in [-0.15, -0.1) is 0 Å². The molecule has 1 aromatic heterocycles. The average molecular weight is 551 g/mol. The molecule has 0 saturated heterocycles. The number of carbonyl (C=O) groups is 3. The molecule has 0 atom stereocenters. The molecule has 1 heterocycles. The minimum atomic E-state index is -0.722. The molecule has 0 fully saturated rings. The van der Waals surface area contributed by atoms with E-state index in [4.69, 9.17) is 17.3 Å². The number of anilines is 2. The summed E-state index contributed by atoms with van der Waals surface area (Å²) in [5.41, 5.74) is 7.55. The van der Waals surface area contributed by atoms with Gasteiger partial charge in [0.15, 0.2) is 11.5 Å². The Hall–Kier alpha value is -4.44. The number of primary amides is 1. The summed E-state index contributed by atoms with van der Waals surface area (Å²) in [4.78, 5) is 39.6. The lowest BCUT2D eigenvalue weighted by Crippen LogP contribution is -2.44. The van der Waals surface area contributed by atoms with Crippen molar-refractivity contribution in [2.24, 2.45) is 5.73 Å². The molecule has 4 N–H and O–H groups in total. The Morgan fingerprint density at radius 2 is 1.79 bits per heavy atom. The molecule has 0 saturated carbocycles. The molecular formula is C28H28ClFN6O3. The van der Waals surface area contributed by atoms with Crippen LogP contribution in [0.15, 0.2) is 60.7 Å². The first-order valence-corrected chi connectivity index (χ1v) is 12.6. The molecule has 4 aromatic rings. The Kier molecular flexibility index (Phi) is 8.15. The van der Waals surface area contributed by atoms with Crippen LogP contribution < -0.4 is 16.4 Å². The molecule has 9 nitrogen and oxygen atoms in total. The smallest absolute Gasteiger partial charge is 0.269 e. The van der Waals surface area contributed by atoms with E-state index >= 15 is 4.39 Å². The minimum absolute atomic E-state index is 0.0296. The molecule has 4 rings (SSSR count). The van der Waals surface area contributed by atoms with Crippen LogP contribution in [0.1, 0.15) is 24.3 Å². The Labute approximate surface area is 229 Å². The van der Waals surface area contributed by atoms with E-state index in [0.29, 0.717) is 21.5 Å². The number of halogens is 2. The SMILES string of the molecule is CNc1ccc2c(c1)c(C(N)=O)nn2CC(=O)N(CC(=O)Nc1cccc(-c2ccccc2Cl)c1F)C(C)C. The fraction of sp³-hybridized carbons (Fsp3) is 0.214. The zero-order valence-corrected chi connectivity index (χ0v) is 22.4. The number of hydrogen-bond donors (Lipinski definition) is 3. The molecule has 0 spiro atoms. The van der Waals surface area contributed by atoms with Gasteiger partial charge in [0, 0.05) is 40.3 Å². The molecule has 0 aliphatic heterocycles. The zero-order valence-electron chi connectivity index (χ0n) is 21.7. The molecule has 3 amide bonds. The highest BCUT2D eigenvalue weighted by atomic mass is 35.5. The van der Waals surface area contributed by atoms with Gasteiger partial charge in [0.25, 0.3) is 5.91 Å². The van der Waals surface area contributed by atoms with E-state index in [1.54, 1.807) is 75.5 Å². The van der Waals surface area contributed by atoms with E-state index < -0.39 is 23.5 Å². The van der Waals surface area contributed by atoms with Crippen LogP contribution in [-0.4, -0.2) is 52.0 Å². The highest BCUT2D eigenvalue weighted by Crippen LogP contribution is 2.32. The van der Waals surface area contributed by atoms with Gasteiger partial charge >= 0.3 is 0 Å². The molecule has 11 heteroatoms. The number of carbonyl (C=O) groups excluding carboxylic acids is 3. The Balaban J connectivity index is 1.54. The second-order valence-corrected chi connectivity index (χ2v) is 9.57. The average Bonchev–Trinajstić information content (AvgIpc) is 3.26. The first-order valence-electron chi connectivity index (χ1n) is 12.2. The van der Waals surface area contributed by atoms with Crippen LogP contribution in [0.2, 0.25) is 5.02 Å². The second kappa shape index (κ2) is 11.5. The summed E-state index contributed by atoms with van der Waals surface area (Å²) in [6, 6.07) is 16.3. The van der Waals surface area contributed by atoms with Crippen molar-refractivity contribution in [1.82, 2.24) is 14.7 Å². The van der Waals surface area contributed by atoms with Crippen molar-refractivity contribution in [2.75, 3.05) is 24.2 Å². The third-order valence-corrected chi connectivity index (χ3v) is 6.58. The Morgan fingerprint density at radius 1 is 1.08 bits per heavy atom. The van der Waals surface area contributed by atoms with Crippen LogP contribution in [-0.2, 0) is 16.1 Å². The maximum Gasteiger partial charge on any atom is 0.269 e. The van der Waals surface area contributed by atoms with E-state index in [-0.39, 0.29) is 36.1 Å². The van der Waals surface area contributed by atoms with Crippen molar-refractivity contribution in [3.63, 3.8) is 0 Å². The topological polar surface area (TPSA) is 122 Å². The van der Waals surface area contributed by atoms with Crippen LogP contribution in [0.3, 0.4) is 0 Å². The van der Waals surface area contributed by atoms with Gasteiger partial charge in [-0.2, -0.15) is 5.10 Å². The van der Waals surface area contributed by atoms with Crippen molar-refractivity contribution in [3.05, 3.63) is 77.2 Å². The summed E-state index contributed by atoms with van der Waals surface area (Å²) >= 11 is 6.23. The van der Waals surface area contributed by atoms with Crippen molar-refractivity contribution in [2.45, 2.75) is 26.4 Å². The van der Waals surface area contributed by atoms with E-state index in [2.05, 4.69) is 15.7 Å². The summed E-state index contributed by atoms with van der Waals surface area (Å²) < 4.78 is 16.7. The number of fused-ring (bicyclic) bond motifs is 1. The van der Waals surface area contributed by atoms with Crippen LogP contribution >= 0.6 is 11.6 Å². The summed E-state index contributed by atoms with van der Waals surface area (Å²) in [6.45, 7) is 2.97. The Bertz CT molecular complexity index is 1570. The number of benzene rings is 3. The molecular weight excluding hydrogens is 523 g/mol. The first kappa shape index (κ1) is 27.6. The van der Waals surface area contributed by atoms with Crippen molar-refractivity contribution < 1.29 is 18.8 Å². The van der Waals surface area contributed by atoms with Gasteiger partial charge in [-0.1, -0.05) is 41.9 Å². The summed E-state index contributed by atoms with van der Waals surface area (Å²) in [7, 11) is 1.74. The number of nitrogens with two attached hydrogens (primary N) is 1. The predicted molar refractivity (Wildman–Crippen MR) is 150 cm³/mol. The van der Waals surface area contributed by atoms with Gasteiger partial charge in [-0.25, -0.2) is 4.39 Å². The number of nitrogens with zero attached hydrogens (tertiary/aromatic N) is 3. The van der Waals surface area contributed by atoms with Crippen LogP contribution in [0.25, 0.3) is 22.0 Å². The van der Waals surface area contributed by atoms with Crippen molar-refractivity contribution >= 4 is 51.6 Å². The fourth-order valence-corrected chi connectivity index (χ4v) is 4.51. The highest BCUT2D eigenvalue weighted by molar-refractivity contribution is 6.33. The third kappa shape index (κ3) is 5.85. The van der Waals surface area contributed by atoms with Gasteiger partial charge < -0.3 is 21.3 Å². The minimum Gasteiger partial charge on any atom is -0.388 e. The monoisotopic (exact) mass is 550 g/mol. The lowest BCUT2D eigenvalue weighted by atomic mass is 10.0. The molecule has 202 valence electrons. The largest absolute Gasteiger partial charge is 0.388 e. The molecule has 39 heavy (non-hydrogen) atoms. The maximum absolute atomic E-state index is 15.3. The fourth-order valence-electron chi connectivity index (χ4n) is 4.28. The molecule has 0 bridgehead atoms. The van der Waals surface area contributed by atoms with Crippen LogP contribution in [0.4, 0.5) is 15.8 Å². The van der Waals surface area contributed by atoms with Gasteiger partial charge in [0.05, 0.1) is 11.2 Å². The molecule has 0 aliphatic carbocycles. The summed E-state index contributed by atoms with van der Waals surface area (Å²) in [6.07, 6.45) is 0. The molecule has 0 radical (unpaired) electrons. The van der Waals surface area contributed by atoms with Crippen LogP contribution in [0.5, 0.6) is 0 Å². The quantitative estimate of drug-likeness (QED) is 0.283. The van der Waals surface area contributed by atoms with E-state index in [0.717, 1.165) is 5.69 Å². The van der Waals surface area contributed by atoms with Crippen molar-refractivity contribution in [3.8, 4) is 11.1 Å². The molecule has 0 unspecified atom stereocenters. The second-order valence-electron chi connectivity index (χ2n) is 9.16. The summed E-state index contributed by atoms with van der Waals surface area (Å²) in [5, 5.41) is 10.7. The maximum atomic E-state index is 15.3. The number of aromatic nitrogens is 2. The third-order valence-electron chi connectivity index (χ3n) is 6.25. The van der Waals surface area contributed by atoms with Crippen molar-refractivity contribution in [1.29, 1.82) is 0 Å². The van der Waals surface area contributed by atoms with E-state index in [1.165, 1.54) is 15.6 Å². The van der Waals surface area contributed by atoms with Gasteiger partial charge in [-0.3, -0.25) is 19.1 Å². The number of hydrogen-bond acceptors (Lipinski definition) is 5. The number of nitrogens with one attached hydrogen (secondary N) is 2.